The number of nitrogens with one attached hydrogen (secondary N) is 1. The average molecular weight is 678 g/mol. The number of hydrogen-bond acceptors (Lipinski definition) is 7. The quantitative estimate of drug-likeness (QED) is 0.0748. The normalized spacial score (nSPS) is 14.0. The molecule has 0 spiro atoms. The zero-order valence-corrected chi connectivity index (χ0v) is 25.6. The summed E-state index contributed by atoms with van der Waals surface area (Å²) in [6, 6.07) is 30.2. The minimum Gasteiger partial charge on any atom is -0.489 e. The second-order valence-electron chi connectivity index (χ2n) is 10.3. The molecular weight excluding hydrogens is 654 g/mol. The van der Waals surface area contributed by atoms with Crippen LogP contribution in [0.2, 0.25) is 0 Å². The van der Waals surface area contributed by atoms with Gasteiger partial charge in [0.25, 0.3) is 17.5 Å². The Morgan fingerprint density at radius 1 is 0.783 bits per heavy atom. The van der Waals surface area contributed by atoms with Crippen molar-refractivity contribution in [2.45, 2.75) is 13.2 Å². The number of barbiturate groups is 1. The van der Waals surface area contributed by atoms with Crippen molar-refractivity contribution in [3.63, 3.8) is 0 Å². The lowest BCUT2D eigenvalue weighted by Crippen LogP contribution is -2.54. The fourth-order valence-electron chi connectivity index (χ4n) is 4.90. The van der Waals surface area contributed by atoms with Gasteiger partial charge in [0.2, 0.25) is 0 Å². The van der Waals surface area contributed by atoms with Crippen LogP contribution >= 0.6 is 15.9 Å². The van der Waals surface area contributed by atoms with Gasteiger partial charge in [-0.15, -0.1) is 0 Å². The van der Waals surface area contributed by atoms with Crippen LogP contribution in [-0.2, 0) is 22.8 Å². The number of carbonyl (C=O) groups excluding carboxylic acids is 3. The first kappa shape index (κ1) is 30.2. The van der Waals surface area contributed by atoms with E-state index < -0.39 is 22.8 Å². The van der Waals surface area contributed by atoms with Crippen molar-refractivity contribution in [3.05, 3.63) is 146 Å². The molecule has 0 radical (unpaired) electrons. The number of anilines is 1. The monoisotopic (exact) mass is 677 g/mol. The molecule has 0 saturated carbocycles. The first-order chi connectivity index (χ1) is 22.3. The third-order valence-electron chi connectivity index (χ3n) is 7.28. The van der Waals surface area contributed by atoms with Crippen LogP contribution < -0.4 is 19.7 Å². The molecule has 1 heterocycles. The number of urea groups is 1. The number of carbonyl (C=O) groups is 3. The highest BCUT2D eigenvalue weighted by Gasteiger charge is 2.37. The lowest BCUT2D eigenvalue weighted by Gasteiger charge is -2.26. The zero-order valence-electron chi connectivity index (χ0n) is 24.0. The molecule has 1 aliphatic heterocycles. The Labute approximate surface area is 271 Å². The number of non-ortho nitro benzene ring substituents is 1. The van der Waals surface area contributed by atoms with Gasteiger partial charge in [0.05, 0.1) is 10.6 Å². The Morgan fingerprint density at radius 2 is 1.43 bits per heavy atom. The number of halogens is 1. The van der Waals surface area contributed by atoms with Crippen LogP contribution in [0.15, 0.2) is 119 Å². The predicted molar refractivity (Wildman–Crippen MR) is 175 cm³/mol. The van der Waals surface area contributed by atoms with Crippen molar-refractivity contribution in [2.75, 3.05) is 4.90 Å². The van der Waals surface area contributed by atoms with E-state index >= 15 is 0 Å². The van der Waals surface area contributed by atoms with E-state index in [1.807, 2.05) is 54.6 Å². The molecule has 0 atom stereocenters. The molecule has 1 saturated heterocycles. The van der Waals surface area contributed by atoms with Gasteiger partial charge in [0.1, 0.15) is 30.3 Å². The second kappa shape index (κ2) is 13.0. The maximum Gasteiger partial charge on any atom is 0.335 e. The van der Waals surface area contributed by atoms with Gasteiger partial charge in [0.15, 0.2) is 0 Å². The van der Waals surface area contributed by atoms with Crippen LogP contribution in [0.1, 0.15) is 16.7 Å². The van der Waals surface area contributed by atoms with Gasteiger partial charge in [-0.05, 0) is 82.6 Å². The number of rotatable bonds is 9. The van der Waals surface area contributed by atoms with E-state index in [0.29, 0.717) is 34.6 Å². The van der Waals surface area contributed by atoms with Gasteiger partial charge in [-0.1, -0.05) is 58.4 Å². The van der Waals surface area contributed by atoms with Gasteiger partial charge in [-0.2, -0.15) is 0 Å². The molecule has 1 N–H and O–H groups in total. The second-order valence-corrected chi connectivity index (χ2v) is 11.2. The van der Waals surface area contributed by atoms with E-state index in [-0.39, 0.29) is 23.6 Å². The van der Waals surface area contributed by atoms with Gasteiger partial charge in [0, 0.05) is 22.2 Å². The average Bonchev–Trinajstić information content (AvgIpc) is 3.06. The zero-order chi connectivity index (χ0) is 32.2. The van der Waals surface area contributed by atoms with Crippen LogP contribution in [0, 0.1) is 10.1 Å². The number of nitro benzene ring substituents is 1. The Balaban J connectivity index is 1.27. The highest BCUT2D eigenvalue weighted by molar-refractivity contribution is 9.10. The molecule has 5 aromatic carbocycles. The van der Waals surface area contributed by atoms with Crippen molar-refractivity contribution in [3.8, 4) is 11.5 Å². The Kier molecular flexibility index (Phi) is 8.57. The first-order valence-electron chi connectivity index (χ1n) is 14.0. The molecule has 0 aliphatic carbocycles. The fourth-order valence-corrected chi connectivity index (χ4v) is 5.16. The maximum absolute atomic E-state index is 13.7. The van der Waals surface area contributed by atoms with Gasteiger partial charge in [-0.25, -0.2) is 9.69 Å². The van der Waals surface area contributed by atoms with Crippen LogP contribution in [0.25, 0.3) is 16.8 Å². The number of nitrogens with zero attached hydrogens (tertiary/aromatic N) is 2. The smallest absolute Gasteiger partial charge is 0.335 e. The van der Waals surface area contributed by atoms with Crippen LogP contribution in [0.4, 0.5) is 16.2 Å². The third kappa shape index (κ3) is 6.49. The molecule has 4 amide bonds. The molecule has 10 nitrogen and oxygen atoms in total. The summed E-state index contributed by atoms with van der Waals surface area (Å²) in [5.74, 6) is -0.726. The lowest BCUT2D eigenvalue weighted by molar-refractivity contribution is -0.384. The Morgan fingerprint density at radius 3 is 2.13 bits per heavy atom. The van der Waals surface area contributed by atoms with E-state index in [0.717, 1.165) is 20.3 Å². The molecule has 5 aromatic rings. The van der Waals surface area contributed by atoms with E-state index in [2.05, 4.69) is 21.2 Å². The number of amides is 4. The van der Waals surface area contributed by atoms with Crippen molar-refractivity contribution in [1.82, 2.24) is 5.32 Å². The van der Waals surface area contributed by atoms with Gasteiger partial charge in [-0.3, -0.25) is 25.0 Å². The highest BCUT2D eigenvalue weighted by Crippen LogP contribution is 2.33. The van der Waals surface area contributed by atoms with Crippen molar-refractivity contribution in [2.24, 2.45) is 0 Å². The first-order valence-corrected chi connectivity index (χ1v) is 14.8. The number of nitro groups is 1. The molecule has 1 aliphatic rings. The predicted octanol–water partition coefficient (Wildman–Crippen LogP) is 7.33. The molecule has 0 unspecified atom stereocenters. The summed E-state index contributed by atoms with van der Waals surface area (Å²) >= 11 is 3.40. The molecule has 11 heteroatoms. The number of hydrogen-bond donors (Lipinski definition) is 1. The van der Waals surface area contributed by atoms with E-state index in [1.54, 1.807) is 42.5 Å². The summed E-state index contributed by atoms with van der Waals surface area (Å²) in [7, 11) is 0. The summed E-state index contributed by atoms with van der Waals surface area (Å²) in [6.45, 7) is 0.407. The van der Waals surface area contributed by atoms with Crippen LogP contribution in [0.3, 0.4) is 0 Å². The molecule has 228 valence electrons. The molecule has 46 heavy (non-hydrogen) atoms. The summed E-state index contributed by atoms with van der Waals surface area (Å²) in [5, 5.41) is 14.8. The van der Waals surface area contributed by atoms with E-state index in [9.17, 15) is 24.5 Å². The minimum atomic E-state index is -0.872. The SMILES string of the molecule is O=C1NC(=O)N(c2ccc(OCc3ccc(Br)cc3)cc2)C(=O)/C1=C/c1c(OCc2ccc([N+](=O)[O-])cc2)ccc2ccccc12. The Bertz CT molecular complexity index is 2010. The number of fused-ring (bicyclic) bond motifs is 1. The summed E-state index contributed by atoms with van der Waals surface area (Å²) < 4.78 is 12.9. The minimum absolute atomic E-state index is 0.0383. The fraction of sp³-hybridized carbons (Fsp3) is 0.0571. The van der Waals surface area contributed by atoms with Crippen molar-refractivity contribution in [1.29, 1.82) is 0 Å². The molecule has 0 bridgehead atoms. The molecular formula is C35H24BrN3O7. The maximum atomic E-state index is 13.7. The number of benzene rings is 5. The third-order valence-corrected chi connectivity index (χ3v) is 7.80. The van der Waals surface area contributed by atoms with E-state index in [1.165, 1.54) is 18.2 Å². The number of imide groups is 2. The molecule has 6 rings (SSSR count). The van der Waals surface area contributed by atoms with Crippen LogP contribution in [0.5, 0.6) is 11.5 Å². The summed E-state index contributed by atoms with van der Waals surface area (Å²) in [4.78, 5) is 51.1. The standard InChI is InChI=1S/C35H24BrN3O7/c36-25-10-5-22(6-11-25)20-45-28-16-14-26(15-17-28)38-34(41)31(33(40)37-35(38)42)19-30-29-4-2-1-3-24(29)9-18-32(30)46-21-23-7-12-27(13-8-23)39(43)44/h1-19H,20-21H2,(H,37,40,42)/b31-19+. The van der Waals surface area contributed by atoms with Crippen LogP contribution in [-0.4, -0.2) is 22.8 Å². The number of ether oxygens (including phenoxy) is 2. The largest absolute Gasteiger partial charge is 0.489 e. The van der Waals surface area contributed by atoms with E-state index in [4.69, 9.17) is 9.47 Å². The Hall–Kier alpha value is -5.81. The van der Waals surface area contributed by atoms with Gasteiger partial charge >= 0.3 is 6.03 Å². The summed E-state index contributed by atoms with van der Waals surface area (Å²) in [6.07, 6.45) is 1.42. The van der Waals surface area contributed by atoms with Gasteiger partial charge < -0.3 is 9.47 Å². The topological polar surface area (TPSA) is 128 Å². The van der Waals surface area contributed by atoms with Crippen molar-refractivity contribution >= 4 is 62.0 Å². The summed E-state index contributed by atoms with van der Waals surface area (Å²) in [5.41, 5.74) is 2.07. The molecule has 1 fully saturated rings. The molecule has 0 aromatic heterocycles. The van der Waals surface area contributed by atoms with Crippen molar-refractivity contribution < 1.29 is 28.8 Å². The highest BCUT2D eigenvalue weighted by atomic mass is 79.9. The lowest BCUT2D eigenvalue weighted by atomic mass is 9.99.